The third-order valence-corrected chi connectivity index (χ3v) is 3.96. The molecule has 0 atom stereocenters. The number of nitrogens with one attached hydrogen (secondary N) is 2. The Bertz CT molecular complexity index is 904. The van der Waals surface area contributed by atoms with E-state index in [0.29, 0.717) is 17.9 Å². The van der Waals surface area contributed by atoms with Crippen LogP contribution in [0.25, 0.3) is 0 Å². The molecule has 0 fully saturated rings. The number of carbonyl (C=O) groups excluding carboxylic acids is 2. The second kappa shape index (κ2) is 8.11. The van der Waals surface area contributed by atoms with Crippen LogP contribution in [-0.2, 0) is 13.1 Å². The molecule has 0 unspecified atom stereocenters. The van der Waals surface area contributed by atoms with Gasteiger partial charge in [-0.2, -0.15) is 0 Å². The maximum absolute atomic E-state index is 12.3. The molecule has 0 bridgehead atoms. The molecule has 0 radical (unpaired) electrons. The number of hydrogen-bond donors (Lipinski definition) is 2. The number of carbonyl (C=O) groups is 2. The van der Waals surface area contributed by atoms with E-state index in [1.165, 1.54) is 12.3 Å². The van der Waals surface area contributed by atoms with Crippen LogP contribution in [-0.4, -0.2) is 16.8 Å². The lowest BCUT2D eigenvalue weighted by atomic mass is 10.1. The van der Waals surface area contributed by atoms with E-state index >= 15 is 0 Å². The van der Waals surface area contributed by atoms with E-state index in [1.807, 2.05) is 31.2 Å². The molecule has 2 amide bonds. The number of hydrogen-bond acceptors (Lipinski definition) is 4. The van der Waals surface area contributed by atoms with Crippen molar-refractivity contribution in [3.05, 3.63) is 89.1 Å². The highest BCUT2D eigenvalue weighted by Crippen LogP contribution is 2.08. The number of aryl methyl sites for hydroxylation is 1. The predicted molar refractivity (Wildman–Crippen MR) is 96.5 cm³/mol. The molecule has 0 saturated carbocycles. The van der Waals surface area contributed by atoms with Crippen LogP contribution in [0.2, 0.25) is 0 Å². The molecule has 1 aromatic carbocycles. The van der Waals surface area contributed by atoms with Crippen molar-refractivity contribution in [1.82, 2.24) is 15.6 Å². The van der Waals surface area contributed by atoms with Crippen molar-refractivity contribution in [3.8, 4) is 0 Å². The second-order valence-corrected chi connectivity index (χ2v) is 5.80. The molecule has 6 nitrogen and oxygen atoms in total. The van der Waals surface area contributed by atoms with E-state index in [1.54, 1.807) is 24.5 Å². The van der Waals surface area contributed by atoms with Crippen molar-refractivity contribution < 1.29 is 14.0 Å². The Morgan fingerprint density at radius 2 is 1.81 bits per heavy atom. The topological polar surface area (TPSA) is 84.2 Å². The van der Waals surface area contributed by atoms with Gasteiger partial charge in [-0.3, -0.25) is 14.6 Å². The van der Waals surface area contributed by atoms with E-state index < -0.39 is 0 Å². The highest BCUT2D eigenvalue weighted by atomic mass is 16.3. The fraction of sp³-hybridized carbons (Fsp3) is 0.150. The van der Waals surface area contributed by atoms with Crippen molar-refractivity contribution in [2.75, 3.05) is 0 Å². The van der Waals surface area contributed by atoms with Crippen molar-refractivity contribution in [2.24, 2.45) is 0 Å². The van der Waals surface area contributed by atoms with Gasteiger partial charge in [-0.1, -0.05) is 24.3 Å². The molecule has 0 aliphatic carbocycles. The lowest BCUT2D eigenvalue weighted by Gasteiger charge is -2.08. The third-order valence-electron chi connectivity index (χ3n) is 3.96. The zero-order valence-electron chi connectivity index (χ0n) is 14.4. The SMILES string of the molecule is Cc1ccccc1CNC(=O)c1cc(C(=O)NCc2ccco2)ccn1. The number of rotatable bonds is 6. The van der Waals surface area contributed by atoms with Gasteiger partial charge in [0.15, 0.2) is 0 Å². The third kappa shape index (κ3) is 4.36. The average Bonchev–Trinajstić information content (AvgIpc) is 3.19. The summed E-state index contributed by atoms with van der Waals surface area (Å²) in [6.07, 6.45) is 3.00. The molecule has 6 heteroatoms. The molecule has 0 aliphatic heterocycles. The number of aromatic nitrogens is 1. The van der Waals surface area contributed by atoms with Crippen LogP contribution in [0, 0.1) is 6.92 Å². The van der Waals surface area contributed by atoms with E-state index in [9.17, 15) is 9.59 Å². The van der Waals surface area contributed by atoms with Crippen molar-refractivity contribution in [3.63, 3.8) is 0 Å². The maximum Gasteiger partial charge on any atom is 0.270 e. The first-order valence-electron chi connectivity index (χ1n) is 8.23. The first-order chi connectivity index (χ1) is 12.6. The predicted octanol–water partition coefficient (Wildman–Crippen LogP) is 2.84. The highest BCUT2D eigenvalue weighted by molar-refractivity contribution is 5.98. The minimum atomic E-state index is -0.325. The van der Waals surface area contributed by atoms with Gasteiger partial charge in [0.05, 0.1) is 12.8 Å². The maximum atomic E-state index is 12.3. The summed E-state index contributed by atoms with van der Waals surface area (Å²) in [5.74, 6) is 0.0364. The van der Waals surface area contributed by atoms with E-state index in [4.69, 9.17) is 4.42 Å². The first-order valence-corrected chi connectivity index (χ1v) is 8.23. The fourth-order valence-corrected chi connectivity index (χ4v) is 2.45. The lowest BCUT2D eigenvalue weighted by molar-refractivity contribution is 0.0946. The molecular weight excluding hydrogens is 330 g/mol. The van der Waals surface area contributed by atoms with Gasteiger partial charge in [0.25, 0.3) is 11.8 Å². The zero-order valence-corrected chi connectivity index (χ0v) is 14.4. The van der Waals surface area contributed by atoms with Gasteiger partial charge >= 0.3 is 0 Å². The standard InChI is InChI=1S/C20H19N3O3/c1-14-5-2-3-6-16(14)12-22-20(25)18-11-15(8-9-21-18)19(24)23-13-17-7-4-10-26-17/h2-11H,12-13H2,1H3,(H,22,25)(H,23,24). The normalized spacial score (nSPS) is 10.3. The van der Waals surface area contributed by atoms with Gasteiger partial charge in [-0.25, -0.2) is 0 Å². The average molecular weight is 349 g/mol. The Labute approximate surface area is 151 Å². The van der Waals surface area contributed by atoms with E-state index in [0.717, 1.165) is 11.1 Å². The minimum absolute atomic E-state index is 0.198. The number of furan rings is 1. The van der Waals surface area contributed by atoms with Crippen LogP contribution in [0.3, 0.4) is 0 Å². The number of amides is 2. The molecule has 3 aromatic rings. The Morgan fingerprint density at radius 3 is 2.58 bits per heavy atom. The van der Waals surface area contributed by atoms with Gasteiger partial charge in [0, 0.05) is 18.3 Å². The van der Waals surface area contributed by atoms with E-state index in [-0.39, 0.29) is 24.1 Å². The minimum Gasteiger partial charge on any atom is -0.467 e. The van der Waals surface area contributed by atoms with Gasteiger partial charge in [0.1, 0.15) is 11.5 Å². The van der Waals surface area contributed by atoms with Crippen LogP contribution >= 0.6 is 0 Å². The summed E-state index contributed by atoms with van der Waals surface area (Å²) in [6, 6.07) is 14.4. The summed E-state index contributed by atoms with van der Waals surface area (Å²) >= 11 is 0. The highest BCUT2D eigenvalue weighted by Gasteiger charge is 2.12. The summed E-state index contributed by atoms with van der Waals surface area (Å²) in [5, 5.41) is 5.57. The Balaban J connectivity index is 1.61. The quantitative estimate of drug-likeness (QED) is 0.717. The summed E-state index contributed by atoms with van der Waals surface area (Å²) in [7, 11) is 0. The molecule has 0 saturated heterocycles. The summed E-state index contributed by atoms with van der Waals surface area (Å²) in [5.41, 5.74) is 2.71. The van der Waals surface area contributed by atoms with Crippen molar-refractivity contribution >= 4 is 11.8 Å². The molecule has 26 heavy (non-hydrogen) atoms. The molecule has 2 N–H and O–H groups in total. The van der Waals surface area contributed by atoms with Crippen LogP contribution in [0.1, 0.15) is 37.7 Å². The Morgan fingerprint density at radius 1 is 1.00 bits per heavy atom. The Kier molecular flexibility index (Phi) is 5.43. The van der Waals surface area contributed by atoms with Gasteiger partial charge in [-0.15, -0.1) is 0 Å². The monoisotopic (exact) mass is 349 g/mol. The molecule has 132 valence electrons. The first kappa shape index (κ1) is 17.4. The largest absolute Gasteiger partial charge is 0.467 e. The molecule has 3 rings (SSSR count). The number of nitrogens with zero attached hydrogens (tertiary/aromatic N) is 1. The second-order valence-electron chi connectivity index (χ2n) is 5.80. The lowest BCUT2D eigenvalue weighted by Crippen LogP contribution is -2.26. The van der Waals surface area contributed by atoms with Gasteiger partial charge in [0.2, 0.25) is 0 Å². The zero-order chi connectivity index (χ0) is 18.4. The van der Waals surface area contributed by atoms with Crippen molar-refractivity contribution in [1.29, 1.82) is 0 Å². The summed E-state index contributed by atoms with van der Waals surface area (Å²) in [4.78, 5) is 28.6. The van der Waals surface area contributed by atoms with Crippen LogP contribution in [0.5, 0.6) is 0 Å². The van der Waals surface area contributed by atoms with E-state index in [2.05, 4.69) is 15.6 Å². The molecule has 0 spiro atoms. The van der Waals surface area contributed by atoms with Crippen LogP contribution < -0.4 is 10.6 Å². The van der Waals surface area contributed by atoms with Crippen LogP contribution in [0.15, 0.2) is 65.4 Å². The molecule has 2 heterocycles. The molecule has 2 aromatic heterocycles. The molecule has 0 aliphatic rings. The number of pyridine rings is 1. The van der Waals surface area contributed by atoms with Crippen LogP contribution in [0.4, 0.5) is 0 Å². The number of benzene rings is 1. The van der Waals surface area contributed by atoms with Crippen molar-refractivity contribution in [2.45, 2.75) is 20.0 Å². The van der Waals surface area contributed by atoms with Gasteiger partial charge < -0.3 is 15.1 Å². The summed E-state index contributed by atoms with van der Waals surface area (Å²) < 4.78 is 5.17. The Hall–Kier alpha value is -3.41. The fourth-order valence-electron chi connectivity index (χ4n) is 2.45. The smallest absolute Gasteiger partial charge is 0.270 e. The van der Waals surface area contributed by atoms with Gasteiger partial charge in [-0.05, 0) is 42.3 Å². The molecular formula is C20H19N3O3. The summed E-state index contributed by atoms with van der Waals surface area (Å²) in [6.45, 7) is 2.68.